The van der Waals surface area contributed by atoms with Gasteiger partial charge in [-0.2, -0.15) is 0 Å². The van der Waals surface area contributed by atoms with Crippen molar-refractivity contribution in [2.45, 2.75) is 25.9 Å². The molecule has 0 aliphatic carbocycles. The van der Waals surface area contributed by atoms with Crippen LogP contribution in [0.2, 0.25) is 0 Å². The molecule has 2 amide bonds. The number of carbonyl (C=O) groups is 2. The lowest BCUT2D eigenvalue weighted by molar-refractivity contribution is -0.122. The number of methoxy groups -OCH3 is 1. The zero-order valence-electron chi connectivity index (χ0n) is 19.3. The van der Waals surface area contributed by atoms with Gasteiger partial charge in [-0.05, 0) is 49.2 Å². The molecule has 0 bridgehead atoms. The summed E-state index contributed by atoms with van der Waals surface area (Å²) in [7, 11) is -0.320. The summed E-state index contributed by atoms with van der Waals surface area (Å²) < 4.78 is 35.3. The van der Waals surface area contributed by atoms with Crippen LogP contribution in [0.1, 0.15) is 30.1 Å². The lowest BCUT2D eigenvalue weighted by Crippen LogP contribution is -2.33. The van der Waals surface area contributed by atoms with Gasteiger partial charge in [0.05, 0.1) is 23.2 Å². The van der Waals surface area contributed by atoms with Crippen molar-refractivity contribution in [3.8, 4) is 5.75 Å². The Morgan fingerprint density at radius 2 is 1.76 bits per heavy atom. The molecule has 180 valence electrons. The molecule has 0 aromatic heterocycles. The number of anilines is 2. The first-order valence-corrected chi connectivity index (χ1v) is 12.4. The number of benzene rings is 2. The van der Waals surface area contributed by atoms with Gasteiger partial charge in [0.1, 0.15) is 5.75 Å². The number of carbonyl (C=O) groups excluding carboxylic acids is 2. The molecule has 0 saturated heterocycles. The van der Waals surface area contributed by atoms with Gasteiger partial charge in [0, 0.05) is 27.3 Å². The summed E-state index contributed by atoms with van der Waals surface area (Å²) in [4.78, 5) is 25.4. The second-order valence-corrected chi connectivity index (χ2v) is 9.39. The third kappa shape index (κ3) is 7.76. The summed E-state index contributed by atoms with van der Waals surface area (Å²) in [5, 5.41) is 5.58. The molecule has 2 rings (SSSR count). The highest BCUT2D eigenvalue weighted by molar-refractivity contribution is 7.92. The van der Waals surface area contributed by atoms with E-state index in [0.717, 1.165) is 10.6 Å². The number of ether oxygens (including phenoxy) is 2. The number of para-hydroxylation sites is 1. The second kappa shape index (κ2) is 12.2. The molecule has 1 atom stereocenters. The van der Waals surface area contributed by atoms with Crippen molar-refractivity contribution < 1.29 is 27.5 Å². The number of hydrogen-bond donors (Lipinski definition) is 2. The van der Waals surface area contributed by atoms with Gasteiger partial charge in [-0.3, -0.25) is 13.9 Å². The van der Waals surface area contributed by atoms with E-state index in [1.54, 1.807) is 55.6 Å². The van der Waals surface area contributed by atoms with E-state index in [1.165, 1.54) is 7.05 Å². The maximum atomic E-state index is 12.9. The Morgan fingerprint density at radius 3 is 2.36 bits per heavy atom. The summed E-state index contributed by atoms with van der Waals surface area (Å²) in [5.74, 6) is -0.261. The van der Waals surface area contributed by atoms with Crippen molar-refractivity contribution in [2.24, 2.45) is 0 Å². The molecular weight excluding hydrogens is 446 g/mol. The third-order valence-electron chi connectivity index (χ3n) is 4.88. The van der Waals surface area contributed by atoms with Crippen LogP contribution in [-0.2, 0) is 19.6 Å². The van der Waals surface area contributed by atoms with E-state index in [1.807, 2.05) is 6.92 Å². The fourth-order valence-electron chi connectivity index (χ4n) is 2.93. The Labute approximate surface area is 195 Å². The number of nitrogens with one attached hydrogen (secondary N) is 2. The molecule has 0 heterocycles. The van der Waals surface area contributed by atoms with Crippen molar-refractivity contribution in [2.75, 3.05) is 43.2 Å². The van der Waals surface area contributed by atoms with Gasteiger partial charge in [-0.1, -0.05) is 19.1 Å². The maximum Gasteiger partial charge on any atom is 0.265 e. The van der Waals surface area contributed by atoms with E-state index < -0.39 is 22.0 Å². The van der Waals surface area contributed by atoms with Crippen LogP contribution >= 0.6 is 0 Å². The van der Waals surface area contributed by atoms with Crippen molar-refractivity contribution in [1.82, 2.24) is 5.32 Å². The number of hydrogen-bond acceptors (Lipinski definition) is 6. The van der Waals surface area contributed by atoms with Crippen LogP contribution in [0.25, 0.3) is 0 Å². The Kier molecular flexibility index (Phi) is 9.68. The zero-order valence-corrected chi connectivity index (χ0v) is 20.1. The number of nitrogens with zero attached hydrogens (tertiary/aromatic N) is 1. The Hall–Kier alpha value is -3.11. The summed E-state index contributed by atoms with van der Waals surface area (Å²) in [6, 6.07) is 13.2. The number of rotatable bonds is 12. The molecule has 0 aliphatic heterocycles. The highest BCUT2D eigenvalue weighted by Crippen LogP contribution is 2.22. The molecule has 0 saturated carbocycles. The van der Waals surface area contributed by atoms with Gasteiger partial charge in [-0.25, -0.2) is 8.42 Å². The molecule has 0 aliphatic rings. The average molecular weight is 478 g/mol. The topological polar surface area (TPSA) is 114 Å². The predicted octanol–water partition coefficient (Wildman–Crippen LogP) is 2.64. The van der Waals surface area contributed by atoms with Gasteiger partial charge in [0.25, 0.3) is 11.8 Å². The van der Waals surface area contributed by atoms with E-state index in [0.29, 0.717) is 48.7 Å². The van der Waals surface area contributed by atoms with Gasteiger partial charge in [0.15, 0.2) is 6.10 Å². The first-order chi connectivity index (χ1) is 15.7. The maximum absolute atomic E-state index is 12.9. The summed E-state index contributed by atoms with van der Waals surface area (Å²) in [6.07, 6.45) is 1.39. The van der Waals surface area contributed by atoms with Crippen LogP contribution in [0.5, 0.6) is 5.75 Å². The Morgan fingerprint density at radius 1 is 1.09 bits per heavy atom. The first-order valence-electron chi connectivity index (χ1n) is 10.5. The number of sulfonamides is 1. The van der Waals surface area contributed by atoms with Crippen LogP contribution in [-0.4, -0.2) is 59.9 Å². The molecule has 33 heavy (non-hydrogen) atoms. The number of amides is 2. The van der Waals surface area contributed by atoms with E-state index >= 15 is 0 Å². The van der Waals surface area contributed by atoms with Crippen LogP contribution in [0, 0.1) is 0 Å². The Balaban J connectivity index is 2.06. The predicted molar refractivity (Wildman–Crippen MR) is 128 cm³/mol. The quantitative estimate of drug-likeness (QED) is 0.454. The smallest absolute Gasteiger partial charge is 0.265 e. The standard InChI is InChI=1S/C23H31N3O6S/c1-5-21(32-18-13-11-17(12-14-18)26(2)33(4,29)30)23(28)25-20-10-7-6-9-19(20)22(27)24-15-8-16-31-3/h6-7,9-14,21H,5,8,15-16H2,1-4H3,(H,24,27)(H,25,28)/t21-/m0/s1. The molecule has 0 fully saturated rings. The normalized spacial score (nSPS) is 12.0. The van der Waals surface area contributed by atoms with Crippen molar-refractivity contribution in [3.63, 3.8) is 0 Å². The Bertz CT molecular complexity index is 1040. The van der Waals surface area contributed by atoms with E-state index in [9.17, 15) is 18.0 Å². The highest BCUT2D eigenvalue weighted by Gasteiger charge is 2.21. The average Bonchev–Trinajstić information content (AvgIpc) is 2.79. The summed E-state index contributed by atoms with van der Waals surface area (Å²) in [6.45, 7) is 2.81. The summed E-state index contributed by atoms with van der Waals surface area (Å²) >= 11 is 0. The van der Waals surface area contributed by atoms with Crippen LogP contribution in [0.3, 0.4) is 0 Å². The fourth-order valence-corrected chi connectivity index (χ4v) is 3.43. The van der Waals surface area contributed by atoms with Crippen molar-refractivity contribution in [3.05, 3.63) is 54.1 Å². The molecule has 0 radical (unpaired) electrons. The molecule has 9 nitrogen and oxygen atoms in total. The highest BCUT2D eigenvalue weighted by atomic mass is 32.2. The van der Waals surface area contributed by atoms with E-state index in [4.69, 9.17) is 9.47 Å². The molecular formula is C23H31N3O6S. The summed E-state index contributed by atoms with van der Waals surface area (Å²) in [5.41, 5.74) is 1.22. The largest absolute Gasteiger partial charge is 0.481 e. The molecule has 10 heteroatoms. The SMILES string of the molecule is CC[C@H](Oc1ccc(N(C)S(C)(=O)=O)cc1)C(=O)Nc1ccccc1C(=O)NCCCOC. The first kappa shape index (κ1) is 26.1. The lowest BCUT2D eigenvalue weighted by Gasteiger charge is -2.20. The second-order valence-electron chi connectivity index (χ2n) is 7.38. The van der Waals surface area contributed by atoms with Gasteiger partial charge in [0.2, 0.25) is 10.0 Å². The van der Waals surface area contributed by atoms with E-state index in [2.05, 4.69) is 10.6 Å². The van der Waals surface area contributed by atoms with Crippen LogP contribution in [0.15, 0.2) is 48.5 Å². The molecule has 2 N–H and O–H groups in total. The molecule has 0 spiro atoms. The molecule has 0 unspecified atom stereocenters. The van der Waals surface area contributed by atoms with E-state index in [-0.39, 0.29) is 5.91 Å². The van der Waals surface area contributed by atoms with Gasteiger partial charge in [-0.15, -0.1) is 0 Å². The minimum absolute atomic E-state index is 0.290. The monoisotopic (exact) mass is 477 g/mol. The van der Waals surface area contributed by atoms with Crippen LogP contribution in [0.4, 0.5) is 11.4 Å². The van der Waals surface area contributed by atoms with Crippen LogP contribution < -0.4 is 19.7 Å². The molecule has 2 aromatic carbocycles. The van der Waals surface area contributed by atoms with Crippen molar-refractivity contribution in [1.29, 1.82) is 0 Å². The lowest BCUT2D eigenvalue weighted by atomic mass is 10.1. The minimum Gasteiger partial charge on any atom is -0.481 e. The minimum atomic E-state index is -3.38. The van der Waals surface area contributed by atoms with Crippen molar-refractivity contribution >= 4 is 33.2 Å². The third-order valence-corrected chi connectivity index (χ3v) is 6.09. The fraction of sp³-hybridized carbons (Fsp3) is 0.391. The zero-order chi connectivity index (χ0) is 24.4. The molecule has 2 aromatic rings. The van der Waals surface area contributed by atoms with Gasteiger partial charge < -0.3 is 20.1 Å². The van der Waals surface area contributed by atoms with Gasteiger partial charge >= 0.3 is 0 Å².